The van der Waals surface area contributed by atoms with Crippen molar-refractivity contribution in [2.75, 3.05) is 13.7 Å². The molecule has 0 aliphatic rings. The van der Waals surface area contributed by atoms with Gasteiger partial charge in [0.1, 0.15) is 0 Å². The number of carbonyl (C=O) groups excluding carboxylic acids is 1. The molecule has 3 nitrogen and oxygen atoms in total. The number of benzene rings is 1. The van der Waals surface area contributed by atoms with Gasteiger partial charge in [-0.1, -0.05) is 12.1 Å². The average Bonchev–Trinajstić information content (AvgIpc) is 2.90. The lowest BCUT2D eigenvalue weighted by atomic mass is 10.3. The van der Waals surface area contributed by atoms with E-state index in [2.05, 4.69) is 15.9 Å². The smallest absolute Gasteiger partial charge is 0.222 e. The summed E-state index contributed by atoms with van der Waals surface area (Å²) in [4.78, 5) is 14.8. The van der Waals surface area contributed by atoms with E-state index in [-0.39, 0.29) is 17.5 Å². The molecule has 0 aliphatic heterocycles. The summed E-state index contributed by atoms with van der Waals surface area (Å²) in [6.45, 7) is 0.925. The minimum absolute atomic E-state index is 0.0571. The number of amides is 1. The molecular weight excluding hydrogens is 369 g/mol. The Morgan fingerprint density at radius 3 is 2.86 bits per heavy atom. The Hall–Kier alpha value is -1.40. The van der Waals surface area contributed by atoms with E-state index < -0.39 is 0 Å². The second-order valence-electron chi connectivity index (χ2n) is 4.86. The second-order valence-corrected chi connectivity index (χ2v) is 6.77. The lowest BCUT2D eigenvalue weighted by Crippen LogP contribution is -2.25. The molecule has 1 aromatic carbocycles. The van der Waals surface area contributed by atoms with Crippen LogP contribution in [0, 0.1) is 5.82 Å². The van der Waals surface area contributed by atoms with E-state index in [9.17, 15) is 9.18 Å². The highest BCUT2D eigenvalue weighted by Crippen LogP contribution is 2.21. The first-order chi connectivity index (χ1) is 10.6. The summed E-state index contributed by atoms with van der Waals surface area (Å²) >= 11 is 5.01. The van der Waals surface area contributed by atoms with Gasteiger partial charge in [0, 0.05) is 28.2 Å². The normalized spacial score (nSPS) is 10.5. The maximum Gasteiger partial charge on any atom is 0.222 e. The van der Waals surface area contributed by atoms with Crippen LogP contribution in [0.4, 0.5) is 4.39 Å². The molecule has 0 bridgehead atoms. The van der Waals surface area contributed by atoms with Crippen molar-refractivity contribution in [3.63, 3.8) is 0 Å². The van der Waals surface area contributed by atoms with Crippen LogP contribution in [0.15, 0.2) is 40.2 Å². The fourth-order valence-electron chi connectivity index (χ4n) is 1.92. The molecule has 1 amide bonds. The molecule has 0 saturated heterocycles. The zero-order valence-electron chi connectivity index (χ0n) is 12.2. The van der Waals surface area contributed by atoms with E-state index >= 15 is 0 Å². The molecule has 2 rings (SSSR count). The van der Waals surface area contributed by atoms with Gasteiger partial charge in [-0.2, -0.15) is 0 Å². The highest BCUT2D eigenvalue weighted by Gasteiger charge is 2.10. The highest BCUT2D eigenvalue weighted by atomic mass is 79.9. The van der Waals surface area contributed by atoms with Crippen molar-refractivity contribution in [3.05, 3.63) is 50.9 Å². The summed E-state index contributed by atoms with van der Waals surface area (Å²) in [5.74, 6) is -0.0948. The minimum atomic E-state index is -0.380. The van der Waals surface area contributed by atoms with Crippen molar-refractivity contribution in [1.82, 2.24) is 4.90 Å². The largest absolute Gasteiger partial charge is 0.491 e. The summed E-state index contributed by atoms with van der Waals surface area (Å²) in [6.07, 6.45) is 0.948. The van der Waals surface area contributed by atoms with Gasteiger partial charge >= 0.3 is 0 Å². The van der Waals surface area contributed by atoms with Gasteiger partial charge in [0.25, 0.3) is 0 Å². The second kappa shape index (κ2) is 8.29. The van der Waals surface area contributed by atoms with E-state index in [1.165, 1.54) is 6.07 Å². The van der Waals surface area contributed by atoms with Crippen LogP contribution in [-0.4, -0.2) is 24.5 Å². The topological polar surface area (TPSA) is 29.5 Å². The number of nitrogens with zero attached hydrogens (tertiary/aromatic N) is 1. The molecule has 0 radical (unpaired) electrons. The standard InChI is InChI=1S/C16H17BrFNO2S/c1-19(10-13-9-12(17)11-22-13)16(20)7-4-8-21-15-6-3-2-5-14(15)18/h2-3,5-6,9,11H,4,7-8,10H2,1H3. The number of hydrogen-bond donors (Lipinski definition) is 0. The molecule has 1 heterocycles. The number of rotatable bonds is 7. The summed E-state index contributed by atoms with van der Waals surface area (Å²) < 4.78 is 19.7. The predicted molar refractivity (Wildman–Crippen MR) is 89.6 cm³/mol. The van der Waals surface area contributed by atoms with Crippen molar-refractivity contribution >= 4 is 33.2 Å². The molecule has 0 N–H and O–H groups in total. The monoisotopic (exact) mass is 385 g/mol. The molecule has 6 heteroatoms. The Balaban J connectivity index is 1.70. The number of halogens is 2. The van der Waals surface area contributed by atoms with E-state index in [0.717, 1.165) is 9.35 Å². The average molecular weight is 386 g/mol. The Labute approximate surface area is 141 Å². The molecule has 0 spiro atoms. The van der Waals surface area contributed by atoms with Gasteiger partial charge in [0.15, 0.2) is 11.6 Å². The van der Waals surface area contributed by atoms with Crippen molar-refractivity contribution < 1.29 is 13.9 Å². The molecule has 0 fully saturated rings. The zero-order chi connectivity index (χ0) is 15.9. The summed E-state index contributed by atoms with van der Waals surface area (Å²) in [5.41, 5.74) is 0. The van der Waals surface area contributed by atoms with E-state index in [4.69, 9.17) is 4.74 Å². The van der Waals surface area contributed by atoms with Gasteiger partial charge in [-0.15, -0.1) is 11.3 Å². The van der Waals surface area contributed by atoms with Crippen molar-refractivity contribution in [2.24, 2.45) is 0 Å². The molecular formula is C16H17BrFNO2S. The molecule has 0 saturated carbocycles. The zero-order valence-corrected chi connectivity index (χ0v) is 14.6. The third kappa shape index (κ3) is 5.10. The van der Waals surface area contributed by atoms with Gasteiger partial charge in [-0.25, -0.2) is 4.39 Å². The van der Waals surface area contributed by atoms with Crippen LogP contribution in [0.3, 0.4) is 0 Å². The number of ether oxygens (including phenoxy) is 1. The number of carbonyl (C=O) groups is 1. The fourth-order valence-corrected chi connectivity index (χ4v) is 3.42. The first-order valence-corrected chi connectivity index (χ1v) is 8.57. The van der Waals surface area contributed by atoms with Gasteiger partial charge in [0.05, 0.1) is 13.2 Å². The first-order valence-electron chi connectivity index (χ1n) is 6.90. The molecule has 0 aliphatic carbocycles. The molecule has 22 heavy (non-hydrogen) atoms. The van der Waals surface area contributed by atoms with Crippen LogP contribution < -0.4 is 4.74 Å². The fraction of sp³-hybridized carbons (Fsp3) is 0.312. The first kappa shape index (κ1) is 17.0. The van der Waals surface area contributed by atoms with Crippen LogP contribution in [0.1, 0.15) is 17.7 Å². The molecule has 0 atom stereocenters. The Kier molecular flexibility index (Phi) is 6.39. The SMILES string of the molecule is CN(Cc1cc(Br)cs1)C(=O)CCCOc1ccccc1F. The predicted octanol–water partition coefficient (Wildman–Crippen LogP) is 4.47. The Morgan fingerprint density at radius 1 is 1.41 bits per heavy atom. The van der Waals surface area contributed by atoms with E-state index in [0.29, 0.717) is 26.0 Å². The lowest BCUT2D eigenvalue weighted by Gasteiger charge is -2.16. The molecule has 118 valence electrons. The molecule has 2 aromatic rings. The minimum Gasteiger partial charge on any atom is -0.491 e. The summed E-state index contributed by atoms with van der Waals surface area (Å²) in [6, 6.07) is 8.28. The molecule has 0 unspecified atom stereocenters. The highest BCUT2D eigenvalue weighted by molar-refractivity contribution is 9.10. The van der Waals surface area contributed by atoms with E-state index in [1.807, 2.05) is 11.4 Å². The van der Waals surface area contributed by atoms with Crippen molar-refractivity contribution in [3.8, 4) is 5.75 Å². The van der Waals surface area contributed by atoms with Gasteiger partial charge in [0.2, 0.25) is 5.91 Å². The van der Waals surface area contributed by atoms with E-state index in [1.54, 1.807) is 41.5 Å². The van der Waals surface area contributed by atoms with Crippen molar-refractivity contribution in [1.29, 1.82) is 0 Å². The Bertz CT molecular complexity index is 632. The van der Waals surface area contributed by atoms with Crippen LogP contribution in [-0.2, 0) is 11.3 Å². The summed E-state index contributed by atoms with van der Waals surface area (Å²) in [7, 11) is 1.79. The lowest BCUT2D eigenvalue weighted by molar-refractivity contribution is -0.130. The van der Waals surface area contributed by atoms with Gasteiger partial charge in [-0.3, -0.25) is 4.79 Å². The quantitative estimate of drug-likeness (QED) is 0.658. The summed E-state index contributed by atoms with van der Waals surface area (Å²) in [5, 5.41) is 2.00. The number of para-hydroxylation sites is 1. The number of thiophene rings is 1. The third-order valence-electron chi connectivity index (χ3n) is 3.07. The third-order valence-corrected chi connectivity index (χ3v) is 4.75. The van der Waals surface area contributed by atoms with Gasteiger partial charge < -0.3 is 9.64 Å². The maximum atomic E-state index is 13.3. The van der Waals surface area contributed by atoms with Crippen LogP contribution in [0.5, 0.6) is 5.75 Å². The maximum absolute atomic E-state index is 13.3. The molecule has 1 aromatic heterocycles. The van der Waals surface area contributed by atoms with Crippen molar-refractivity contribution in [2.45, 2.75) is 19.4 Å². The Morgan fingerprint density at radius 2 is 2.18 bits per heavy atom. The van der Waals surface area contributed by atoms with Crippen LogP contribution in [0.25, 0.3) is 0 Å². The van der Waals surface area contributed by atoms with Crippen LogP contribution >= 0.6 is 27.3 Å². The van der Waals surface area contributed by atoms with Crippen LogP contribution in [0.2, 0.25) is 0 Å². The number of hydrogen-bond acceptors (Lipinski definition) is 3. The van der Waals surface area contributed by atoms with Gasteiger partial charge in [-0.05, 0) is 40.5 Å².